The minimum atomic E-state index is -3.65. The van der Waals surface area contributed by atoms with E-state index < -0.39 is 10.0 Å². The smallest absolute Gasteiger partial charge is 0.238 e. The Bertz CT molecular complexity index is 551. The molecule has 0 spiro atoms. The Kier molecular flexibility index (Phi) is 7.58. The predicted molar refractivity (Wildman–Crippen MR) is 88.8 cm³/mol. The number of likely N-dealkylation sites (tertiary alicyclic amines) is 1. The van der Waals surface area contributed by atoms with Crippen LogP contribution in [0.4, 0.5) is 0 Å². The van der Waals surface area contributed by atoms with Crippen molar-refractivity contribution in [3.63, 3.8) is 0 Å². The van der Waals surface area contributed by atoms with Gasteiger partial charge in [0.2, 0.25) is 10.0 Å². The average molecular weight is 350 g/mol. The van der Waals surface area contributed by atoms with Crippen molar-refractivity contribution in [3.05, 3.63) is 24.3 Å². The molecular weight excluding hydrogens is 326 g/mol. The van der Waals surface area contributed by atoms with Crippen LogP contribution in [0.2, 0.25) is 0 Å². The van der Waals surface area contributed by atoms with Crippen LogP contribution in [0.15, 0.2) is 29.2 Å². The van der Waals surface area contributed by atoms with Gasteiger partial charge in [0.15, 0.2) is 0 Å². The van der Waals surface area contributed by atoms with E-state index in [4.69, 9.17) is 15.6 Å². The molecule has 6 nitrogen and oxygen atoms in total. The third kappa shape index (κ3) is 5.40. The van der Waals surface area contributed by atoms with Gasteiger partial charge in [-0.1, -0.05) is 6.42 Å². The molecule has 0 saturated carbocycles. The molecule has 1 aliphatic rings. The molecule has 1 unspecified atom stereocenters. The molecule has 0 radical (unpaired) electrons. The number of hydrogen-bond donors (Lipinski definition) is 2. The van der Waals surface area contributed by atoms with Crippen molar-refractivity contribution in [1.29, 1.82) is 0 Å². The molecule has 0 aliphatic carbocycles. The number of nitrogens with two attached hydrogens (primary N) is 2. The highest BCUT2D eigenvalue weighted by Gasteiger charge is 2.20. The zero-order chi connectivity index (χ0) is 15.3. The van der Waals surface area contributed by atoms with E-state index in [1.165, 1.54) is 25.0 Å². The van der Waals surface area contributed by atoms with Crippen LogP contribution in [0.3, 0.4) is 0 Å². The summed E-state index contributed by atoms with van der Waals surface area (Å²) in [6.45, 7) is 3.14. The molecule has 1 aromatic carbocycles. The lowest BCUT2D eigenvalue weighted by Crippen LogP contribution is -2.45. The zero-order valence-corrected chi connectivity index (χ0v) is 14.1. The number of hydrogen-bond acceptors (Lipinski definition) is 5. The lowest BCUT2D eigenvalue weighted by molar-refractivity contribution is 0.127. The quantitative estimate of drug-likeness (QED) is 0.796. The van der Waals surface area contributed by atoms with Crippen molar-refractivity contribution in [2.24, 2.45) is 10.9 Å². The summed E-state index contributed by atoms with van der Waals surface area (Å²) in [5.41, 5.74) is 5.78. The van der Waals surface area contributed by atoms with Gasteiger partial charge in [-0.3, -0.25) is 4.90 Å². The second-order valence-electron chi connectivity index (χ2n) is 5.29. The standard InChI is InChI=1S/C14H23N3O3S.ClH/c15-11-12-3-1-2-8-17(12)9-10-20-13-4-6-14(7-5-13)21(16,18)19;/h4-7,12H,1-3,8-11,15H2,(H2,16,18,19);1H. The van der Waals surface area contributed by atoms with Crippen LogP contribution in [-0.4, -0.2) is 45.6 Å². The van der Waals surface area contributed by atoms with E-state index >= 15 is 0 Å². The number of nitrogens with zero attached hydrogens (tertiary/aromatic N) is 1. The van der Waals surface area contributed by atoms with Gasteiger partial charge in [0.25, 0.3) is 0 Å². The van der Waals surface area contributed by atoms with Gasteiger partial charge < -0.3 is 10.5 Å². The van der Waals surface area contributed by atoms with Crippen molar-refractivity contribution in [1.82, 2.24) is 4.90 Å². The molecule has 0 amide bonds. The fourth-order valence-electron chi connectivity index (χ4n) is 2.63. The summed E-state index contributed by atoms with van der Waals surface area (Å²) in [6, 6.07) is 6.60. The molecule has 2 rings (SSSR count). The summed E-state index contributed by atoms with van der Waals surface area (Å²) in [4.78, 5) is 2.46. The summed E-state index contributed by atoms with van der Waals surface area (Å²) in [5.74, 6) is 0.642. The number of rotatable bonds is 6. The number of sulfonamides is 1. The molecule has 22 heavy (non-hydrogen) atoms. The summed E-state index contributed by atoms with van der Waals surface area (Å²) < 4.78 is 28.0. The first kappa shape index (κ1) is 19.2. The number of halogens is 1. The molecule has 4 N–H and O–H groups in total. The predicted octanol–water partition coefficient (Wildman–Crippen LogP) is 0.948. The van der Waals surface area contributed by atoms with Gasteiger partial charge in [0.1, 0.15) is 12.4 Å². The topological polar surface area (TPSA) is 98.6 Å². The van der Waals surface area contributed by atoms with Crippen molar-refractivity contribution < 1.29 is 13.2 Å². The lowest BCUT2D eigenvalue weighted by atomic mass is 10.0. The molecule has 1 heterocycles. The second kappa shape index (κ2) is 8.69. The summed E-state index contributed by atoms with van der Waals surface area (Å²) in [5, 5.41) is 5.05. The summed E-state index contributed by atoms with van der Waals surface area (Å²) in [6.07, 6.45) is 3.60. The molecule has 1 aliphatic heterocycles. The maximum absolute atomic E-state index is 11.2. The molecule has 1 fully saturated rings. The van der Waals surface area contributed by atoms with Gasteiger partial charge in [-0.25, -0.2) is 13.6 Å². The molecule has 1 atom stereocenters. The van der Waals surface area contributed by atoms with Crippen molar-refractivity contribution >= 4 is 22.4 Å². The fourth-order valence-corrected chi connectivity index (χ4v) is 3.14. The van der Waals surface area contributed by atoms with Gasteiger partial charge in [-0.2, -0.15) is 0 Å². The van der Waals surface area contributed by atoms with E-state index in [0.717, 1.165) is 19.5 Å². The van der Waals surface area contributed by atoms with Gasteiger partial charge in [-0.05, 0) is 43.7 Å². The maximum atomic E-state index is 11.2. The molecule has 8 heteroatoms. The molecule has 1 aromatic rings. The maximum Gasteiger partial charge on any atom is 0.238 e. The Morgan fingerprint density at radius 3 is 2.50 bits per heavy atom. The van der Waals surface area contributed by atoms with Gasteiger partial charge >= 0.3 is 0 Å². The van der Waals surface area contributed by atoms with Crippen molar-refractivity contribution in [2.45, 2.75) is 30.2 Å². The highest BCUT2D eigenvalue weighted by atomic mass is 35.5. The van der Waals surface area contributed by atoms with E-state index in [1.807, 2.05) is 0 Å². The second-order valence-corrected chi connectivity index (χ2v) is 6.85. The summed E-state index contributed by atoms with van der Waals surface area (Å²) >= 11 is 0. The Hall–Kier alpha value is -0.860. The molecular formula is C14H24ClN3O3S. The first-order valence-corrected chi connectivity index (χ1v) is 8.75. The highest BCUT2D eigenvalue weighted by molar-refractivity contribution is 7.89. The third-order valence-corrected chi connectivity index (χ3v) is 4.75. The fraction of sp³-hybridized carbons (Fsp3) is 0.571. The largest absolute Gasteiger partial charge is 0.492 e. The van der Waals surface area contributed by atoms with Crippen LogP contribution < -0.4 is 15.6 Å². The molecule has 126 valence electrons. The number of primary sulfonamides is 1. The van der Waals surface area contributed by atoms with Gasteiger partial charge in [0, 0.05) is 19.1 Å². The average Bonchev–Trinajstić information content (AvgIpc) is 2.47. The highest BCUT2D eigenvalue weighted by Crippen LogP contribution is 2.17. The zero-order valence-electron chi connectivity index (χ0n) is 12.5. The lowest BCUT2D eigenvalue weighted by Gasteiger charge is -2.34. The van der Waals surface area contributed by atoms with Crippen LogP contribution >= 0.6 is 12.4 Å². The normalized spacial score (nSPS) is 19.5. The van der Waals surface area contributed by atoms with E-state index in [-0.39, 0.29) is 17.3 Å². The first-order valence-electron chi connectivity index (χ1n) is 7.20. The Balaban J connectivity index is 0.00000242. The van der Waals surface area contributed by atoms with Crippen molar-refractivity contribution in [3.8, 4) is 5.75 Å². The Morgan fingerprint density at radius 1 is 1.23 bits per heavy atom. The molecule has 0 aromatic heterocycles. The van der Waals surface area contributed by atoms with Crippen LogP contribution in [0.5, 0.6) is 5.75 Å². The number of ether oxygens (including phenoxy) is 1. The van der Waals surface area contributed by atoms with Gasteiger partial charge in [0.05, 0.1) is 4.90 Å². The van der Waals surface area contributed by atoms with Crippen LogP contribution in [-0.2, 0) is 10.0 Å². The number of piperidine rings is 1. The minimum absolute atomic E-state index is 0. The number of benzene rings is 1. The molecule has 1 saturated heterocycles. The Labute approximate surface area is 138 Å². The van der Waals surface area contributed by atoms with Crippen LogP contribution in [0.25, 0.3) is 0 Å². The Morgan fingerprint density at radius 2 is 1.91 bits per heavy atom. The summed E-state index contributed by atoms with van der Waals surface area (Å²) in [7, 11) is -3.65. The van der Waals surface area contributed by atoms with Crippen molar-refractivity contribution in [2.75, 3.05) is 26.2 Å². The third-order valence-electron chi connectivity index (χ3n) is 3.82. The molecule has 0 bridgehead atoms. The van der Waals surface area contributed by atoms with Crippen LogP contribution in [0, 0.1) is 0 Å². The van der Waals surface area contributed by atoms with Gasteiger partial charge in [-0.15, -0.1) is 12.4 Å². The van der Waals surface area contributed by atoms with E-state index in [9.17, 15) is 8.42 Å². The first-order chi connectivity index (χ1) is 10.0. The minimum Gasteiger partial charge on any atom is -0.492 e. The van der Waals surface area contributed by atoms with Crippen LogP contribution in [0.1, 0.15) is 19.3 Å². The van der Waals surface area contributed by atoms with E-state index in [1.54, 1.807) is 12.1 Å². The van der Waals surface area contributed by atoms with E-state index in [0.29, 0.717) is 24.9 Å². The monoisotopic (exact) mass is 349 g/mol. The van der Waals surface area contributed by atoms with E-state index in [2.05, 4.69) is 4.90 Å². The SMILES string of the molecule is Cl.NCC1CCCCN1CCOc1ccc(S(N)(=O)=O)cc1.